The Morgan fingerprint density at radius 3 is 3.04 bits per heavy atom. The molecule has 28 heavy (non-hydrogen) atoms. The number of rotatable bonds is 10. The number of hydrogen-bond acceptors (Lipinski definition) is 4. The Morgan fingerprint density at radius 1 is 1.39 bits per heavy atom. The standard InChI is InChI=1S/C23H34O5/c1-2-3-4-7-17(24)9-10-18-19-11-15-6-5-8-22(28-14-23(26)27)20(15)12-16(19)13-21(18)25/h5-6,8,16-19,21,24-25H,2-4,7,9-14H2,1H3,(H,26,27)/t16-,17-,18+,19-,21+/m0/s1/i1D3,2D2,3D2,14D2. The van der Waals surface area contributed by atoms with Crippen LogP contribution in [0.5, 0.6) is 5.75 Å². The van der Waals surface area contributed by atoms with Gasteiger partial charge in [0, 0.05) is 9.60 Å². The molecule has 1 aromatic carbocycles. The van der Waals surface area contributed by atoms with E-state index in [2.05, 4.69) is 0 Å². The van der Waals surface area contributed by atoms with Gasteiger partial charge in [0.1, 0.15) is 5.75 Å². The van der Waals surface area contributed by atoms with Crippen molar-refractivity contribution in [2.24, 2.45) is 17.8 Å². The third kappa shape index (κ3) is 5.06. The Kier molecular flexibility index (Phi) is 4.24. The Balaban J connectivity index is 1.63. The quantitative estimate of drug-likeness (QED) is 0.560. The van der Waals surface area contributed by atoms with Crippen molar-refractivity contribution in [2.75, 3.05) is 6.56 Å². The highest BCUT2D eigenvalue weighted by molar-refractivity contribution is 5.68. The van der Waals surface area contributed by atoms with Crippen LogP contribution in [-0.2, 0) is 17.6 Å². The van der Waals surface area contributed by atoms with E-state index in [1.807, 2.05) is 6.07 Å². The third-order valence-corrected chi connectivity index (χ3v) is 6.12. The smallest absolute Gasteiger partial charge is 0.341 e. The van der Waals surface area contributed by atoms with Gasteiger partial charge in [0.25, 0.3) is 0 Å². The maximum atomic E-state index is 11.2. The number of aliphatic hydroxyl groups excluding tert-OH is 2. The van der Waals surface area contributed by atoms with Crippen LogP contribution in [0, 0.1) is 17.8 Å². The molecule has 0 aliphatic heterocycles. The summed E-state index contributed by atoms with van der Waals surface area (Å²) in [5.41, 5.74) is 1.62. The average Bonchev–Trinajstić information content (AvgIpc) is 3.07. The van der Waals surface area contributed by atoms with Gasteiger partial charge in [0.15, 0.2) is 6.56 Å². The highest BCUT2D eigenvalue weighted by Gasteiger charge is 2.44. The summed E-state index contributed by atoms with van der Waals surface area (Å²) in [6, 6.07) is 5.07. The lowest BCUT2D eigenvalue weighted by Crippen LogP contribution is -2.28. The van der Waals surface area contributed by atoms with E-state index in [0.29, 0.717) is 25.7 Å². The second-order valence-corrected chi connectivity index (χ2v) is 7.77. The van der Waals surface area contributed by atoms with E-state index in [1.165, 1.54) is 6.07 Å². The van der Waals surface area contributed by atoms with Crippen molar-refractivity contribution in [3.8, 4) is 5.75 Å². The molecule has 5 atom stereocenters. The minimum absolute atomic E-state index is 0.0609. The Bertz CT molecular complexity index is 982. The van der Waals surface area contributed by atoms with E-state index in [-0.39, 0.29) is 36.3 Å². The Hall–Kier alpha value is -1.59. The molecule has 3 rings (SSSR count). The lowest BCUT2D eigenvalue weighted by molar-refractivity contribution is -0.139. The van der Waals surface area contributed by atoms with Crippen LogP contribution in [0.3, 0.4) is 0 Å². The predicted octanol–water partition coefficient (Wildman–Crippen LogP) is 3.58. The van der Waals surface area contributed by atoms with E-state index in [4.69, 9.17) is 22.2 Å². The number of aliphatic carboxylic acids is 1. The first-order valence-electron chi connectivity index (χ1n) is 14.3. The van der Waals surface area contributed by atoms with Crippen LogP contribution in [0.15, 0.2) is 18.2 Å². The normalized spacial score (nSPS) is 33.9. The molecule has 1 aromatic rings. The highest BCUT2D eigenvalue weighted by Crippen LogP contribution is 2.48. The van der Waals surface area contributed by atoms with Gasteiger partial charge in [-0.1, -0.05) is 38.2 Å². The Morgan fingerprint density at radius 2 is 2.25 bits per heavy atom. The second kappa shape index (κ2) is 9.75. The number of fused-ring (bicyclic) bond motifs is 2. The molecule has 0 heterocycles. The monoisotopic (exact) mass is 399 g/mol. The SMILES string of the molecule is [2H]C([2H])(Oc1cccc2c1C[C@H]1C[C@@H](O)[C@H](CC[C@@H](O)CCC([2H])([2H])C([2H])([2H])C([2H])([2H])[2H])[C@H]1C2)C(=O)O. The lowest BCUT2D eigenvalue weighted by Gasteiger charge is -2.32. The highest BCUT2D eigenvalue weighted by atomic mass is 16.5. The molecule has 0 bridgehead atoms. The summed E-state index contributed by atoms with van der Waals surface area (Å²) in [4.78, 5) is 11.2. The first-order chi connectivity index (χ1) is 16.9. The van der Waals surface area contributed by atoms with Crippen LogP contribution < -0.4 is 4.74 Å². The molecule has 0 radical (unpaired) electrons. The van der Waals surface area contributed by atoms with Gasteiger partial charge in [-0.15, -0.1) is 0 Å². The topological polar surface area (TPSA) is 87.0 Å². The fourth-order valence-electron chi connectivity index (χ4n) is 4.83. The number of benzene rings is 1. The number of aliphatic hydroxyl groups is 2. The van der Waals surface area contributed by atoms with E-state index in [0.717, 1.165) is 11.1 Å². The van der Waals surface area contributed by atoms with Crippen molar-refractivity contribution in [2.45, 2.75) is 76.8 Å². The molecule has 0 aromatic heterocycles. The molecule has 0 amide bonds. The third-order valence-electron chi connectivity index (χ3n) is 6.12. The zero-order chi connectivity index (χ0) is 28.0. The van der Waals surface area contributed by atoms with Crippen LogP contribution in [-0.4, -0.2) is 40.1 Å². The number of carboxylic acids is 1. The molecular weight excluding hydrogens is 356 g/mol. The molecule has 1 saturated carbocycles. The summed E-state index contributed by atoms with van der Waals surface area (Å²) < 4.78 is 73.4. The van der Waals surface area contributed by atoms with Crippen LogP contribution in [0.1, 0.15) is 75.2 Å². The fraction of sp³-hybridized carbons (Fsp3) is 0.696. The van der Waals surface area contributed by atoms with Crippen molar-refractivity contribution in [1.82, 2.24) is 0 Å². The lowest BCUT2D eigenvalue weighted by atomic mass is 9.73. The van der Waals surface area contributed by atoms with Gasteiger partial charge in [-0.25, -0.2) is 4.79 Å². The van der Waals surface area contributed by atoms with Gasteiger partial charge < -0.3 is 20.1 Å². The van der Waals surface area contributed by atoms with Gasteiger partial charge in [-0.2, -0.15) is 0 Å². The summed E-state index contributed by atoms with van der Waals surface area (Å²) in [7, 11) is 0. The van der Waals surface area contributed by atoms with Crippen molar-refractivity contribution < 1.29 is 37.2 Å². The van der Waals surface area contributed by atoms with Gasteiger partial charge in [-0.05, 0) is 73.5 Å². The van der Waals surface area contributed by atoms with Crippen molar-refractivity contribution in [1.29, 1.82) is 0 Å². The molecule has 0 spiro atoms. The molecule has 5 nitrogen and oxygen atoms in total. The number of ether oxygens (including phenoxy) is 1. The molecule has 1 fully saturated rings. The first kappa shape index (κ1) is 12.2. The van der Waals surface area contributed by atoms with Crippen LogP contribution in [0.2, 0.25) is 0 Å². The summed E-state index contributed by atoms with van der Waals surface area (Å²) in [6.45, 7) is -6.01. The maximum Gasteiger partial charge on any atom is 0.341 e. The molecule has 5 heteroatoms. The van der Waals surface area contributed by atoms with E-state index in [9.17, 15) is 15.0 Å². The predicted molar refractivity (Wildman–Crippen MR) is 107 cm³/mol. The molecule has 2 aliphatic carbocycles. The van der Waals surface area contributed by atoms with Crippen molar-refractivity contribution in [3.63, 3.8) is 0 Å². The minimum Gasteiger partial charge on any atom is -0.482 e. The summed E-state index contributed by atoms with van der Waals surface area (Å²) >= 11 is 0. The summed E-state index contributed by atoms with van der Waals surface area (Å²) in [5, 5.41) is 30.3. The fourth-order valence-corrected chi connectivity index (χ4v) is 4.83. The Labute approximate surface area is 180 Å². The molecule has 0 unspecified atom stereocenters. The van der Waals surface area contributed by atoms with E-state index >= 15 is 0 Å². The van der Waals surface area contributed by atoms with Crippen molar-refractivity contribution in [3.05, 3.63) is 29.3 Å². The number of hydrogen-bond donors (Lipinski definition) is 3. The summed E-state index contributed by atoms with van der Waals surface area (Å²) in [6.07, 6.45) is -5.65. The zero-order valence-corrected chi connectivity index (χ0v) is 15.7. The van der Waals surface area contributed by atoms with E-state index < -0.39 is 50.8 Å². The molecule has 3 N–H and O–H groups in total. The zero-order valence-electron chi connectivity index (χ0n) is 24.7. The molecule has 0 saturated heterocycles. The van der Waals surface area contributed by atoms with Crippen LogP contribution in [0.4, 0.5) is 0 Å². The van der Waals surface area contributed by atoms with Crippen LogP contribution >= 0.6 is 0 Å². The average molecular weight is 400 g/mol. The maximum absolute atomic E-state index is 11.2. The largest absolute Gasteiger partial charge is 0.482 e. The van der Waals surface area contributed by atoms with Crippen LogP contribution in [0.25, 0.3) is 0 Å². The second-order valence-electron chi connectivity index (χ2n) is 7.77. The molecule has 156 valence electrons. The number of carboxylic acid groups (broad SMARTS) is 1. The van der Waals surface area contributed by atoms with Crippen molar-refractivity contribution >= 4 is 5.97 Å². The van der Waals surface area contributed by atoms with Gasteiger partial charge in [0.2, 0.25) is 0 Å². The first-order valence-corrected chi connectivity index (χ1v) is 9.76. The molecular formula is C23H34O5. The van der Waals surface area contributed by atoms with Gasteiger partial charge in [-0.3, -0.25) is 0 Å². The summed E-state index contributed by atoms with van der Waals surface area (Å²) in [5.74, 6) is -1.56. The van der Waals surface area contributed by atoms with Gasteiger partial charge >= 0.3 is 5.97 Å². The number of carbonyl (C=O) groups is 1. The molecule has 2 aliphatic rings. The van der Waals surface area contributed by atoms with Gasteiger partial charge in [0.05, 0.1) is 14.9 Å². The van der Waals surface area contributed by atoms with E-state index in [1.54, 1.807) is 6.07 Å². The minimum atomic E-state index is -3.14.